The first kappa shape index (κ1) is 73.7. The Morgan fingerprint density at radius 3 is 1.54 bits per heavy atom. The zero-order valence-electron chi connectivity index (χ0n) is 55.8. The van der Waals surface area contributed by atoms with Crippen molar-refractivity contribution in [2.75, 3.05) is 13.1 Å². The first-order valence-electron chi connectivity index (χ1n) is 33.4. The van der Waals surface area contributed by atoms with Crippen molar-refractivity contribution in [3.63, 3.8) is 0 Å². The number of alkyl carbamates (subject to hydrolysis) is 2. The number of ether oxygens (including phenoxy) is 3. The molecule has 0 unspecified atom stereocenters. The summed E-state index contributed by atoms with van der Waals surface area (Å²) in [6.07, 6.45) is 12.6. The van der Waals surface area contributed by atoms with E-state index in [0.29, 0.717) is 74.4 Å². The second kappa shape index (κ2) is 29.7. The van der Waals surface area contributed by atoms with Crippen LogP contribution in [-0.2, 0) is 58.3 Å². The standard InChI is InChI=1S/C33H42FN5O9S.C26H40N4O8S.C7H3ClFNO/c1-32(2,3)48-30(43)35-24-10-8-6-4-5-7-9-19-17-33(19,29(42)38-49(44,45)22-12-13-22)37-27(40)25-16-21(18-39(25)28(24)41)46-31-36-23-14-11-20(34)15-26(23)47-31;1-25(2,3)38-24(35)27-19-10-8-6-4-5-7-9-16-14-26(16,23(34)29-39(36,37)18-11-12-18)28-21(32)20-13-17(31)15-30(20)22(19)33;8-7-10-5-2-1-4(9)3-6(5)11-7/h7,9,11,14-15,19,21-22,24-25H,4-6,8,10,12-13,16-18H2,1-3H3,(H,35,43)(H,37,40)(H,38,42);7,9,16-20,31H,4-6,8,10-15H2,1-3H3,(H,27,35)(H,28,32)(H,29,34);1-3H/b2*9-7-;/t19-,21-,24+,25+,33-;16-,17-,19+,20+,26-;/m11./s1. The predicted octanol–water partition coefficient (Wildman–Crippen LogP) is 6.68. The Bertz CT molecular complexity index is 4040. The Kier molecular flexibility index (Phi) is 22.1. The molecule has 0 bridgehead atoms. The minimum atomic E-state index is -3.90. The van der Waals surface area contributed by atoms with Gasteiger partial charge in [0.15, 0.2) is 11.2 Å². The lowest BCUT2D eigenvalue weighted by atomic mass is 10.0. The molecular weight excluding hydrogens is 1360 g/mol. The molecule has 8 aliphatic rings. The molecule has 4 saturated carbocycles. The maximum Gasteiger partial charge on any atom is 0.408 e. The van der Waals surface area contributed by atoms with Gasteiger partial charge in [-0.2, -0.15) is 9.97 Å². The number of carbonyl (C=O) groups is 8. The molecule has 0 radical (unpaired) electrons. The average Bonchev–Trinajstić information content (AvgIpc) is 1.58. The molecule has 4 aromatic rings. The first-order valence-corrected chi connectivity index (χ1v) is 36.9. The summed E-state index contributed by atoms with van der Waals surface area (Å²) in [7, 11) is -7.73. The monoisotopic (exact) mass is 1440 g/mol. The SMILES string of the molecule is CC(C)(C)OC(=O)N[C@H]1CCCCC/C=C\[C@@H]2C[C@@]2(C(=O)NS(=O)(=O)C2CC2)NC(=O)[C@@H]2C[C@@H](O)CN2C1=O.CC(C)(C)OC(=O)N[C@H]1CCCCC/C=C\[C@@H]2C[C@@]2(C(=O)NS(=O)(=O)C2CC2)NC(=O)[C@@H]2C[C@@H](Oc3nc4ccc(F)cc4o3)CN2C1=O.Fc1ccc2nc(Cl)oc2c1. The Hall–Kier alpha value is -7.97. The third-order valence-electron chi connectivity index (χ3n) is 18.0. The summed E-state index contributed by atoms with van der Waals surface area (Å²) in [5, 5.41) is 20.0. The first-order chi connectivity index (χ1) is 46.6. The molecule has 10 atom stereocenters. The molecule has 4 aliphatic carbocycles. The maximum absolute atomic E-state index is 14.2. The number of fused-ring (bicyclic) bond motifs is 6. The minimum absolute atomic E-state index is 0.0330. The van der Waals surface area contributed by atoms with Crippen LogP contribution in [0.1, 0.15) is 157 Å². The Morgan fingerprint density at radius 2 is 1.07 bits per heavy atom. The fraction of sp³-hybridized carbons (Fsp3) is 0.606. The van der Waals surface area contributed by atoms with Gasteiger partial charge < -0.3 is 59.2 Å². The number of benzene rings is 2. The van der Waals surface area contributed by atoms with Gasteiger partial charge in [0.1, 0.15) is 75.2 Å². The van der Waals surface area contributed by atoms with E-state index in [2.05, 4.69) is 40.7 Å². The third kappa shape index (κ3) is 18.9. The summed E-state index contributed by atoms with van der Waals surface area (Å²) in [5.74, 6) is -5.73. The van der Waals surface area contributed by atoms with E-state index in [4.69, 9.17) is 34.6 Å². The van der Waals surface area contributed by atoms with Crippen molar-refractivity contribution >= 4 is 101 Å². The van der Waals surface area contributed by atoms with Gasteiger partial charge in [-0.25, -0.2) is 35.2 Å². The van der Waals surface area contributed by atoms with E-state index in [1.54, 1.807) is 41.5 Å². The van der Waals surface area contributed by atoms with Crippen molar-refractivity contribution in [1.29, 1.82) is 0 Å². The molecule has 2 aromatic heterocycles. The Morgan fingerprint density at radius 1 is 0.626 bits per heavy atom. The van der Waals surface area contributed by atoms with Crippen LogP contribution < -0.4 is 35.4 Å². The maximum atomic E-state index is 14.2. The molecule has 33 heteroatoms. The molecule has 12 rings (SSSR count). The van der Waals surface area contributed by atoms with Crippen LogP contribution in [0.2, 0.25) is 5.35 Å². The summed E-state index contributed by atoms with van der Waals surface area (Å²) in [5.41, 5.74) is -3.13. The number of amides is 8. The van der Waals surface area contributed by atoms with Gasteiger partial charge in [0.25, 0.3) is 17.2 Å². The van der Waals surface area contributed by atoms with E-state index < -0.39 is 154 Å². The van der Waals surface area contributed by atoms with Gasteiger partial charge in [0.05, 0.1) is 23.1 Å². The van der Waals surface area contributed by atoms with Crippen LogP contribution in [0.3, 0.4) is 0 Å². The lowest BCUT2D eigenvalue weighted by Crippen LogP contribution is -2.58. The number of aromatic nitrogens is 2. The van der Waals surface area contributed by atoms with E-state index >= 15 is 0 Å². The minimum Gasteiger partial charge on any atom is -0.445 e. The Labute approximate surface area is 576 Å². The highest BCUT2D eigenvalue weighted by Crippen LogP contribution is 2.48. The number of oxazole rings is 2. The highest BCUT2D eigenvalue weighted by molar-refractivity contribution is 7.91. The van der Waals surface area contributed by atoms with E-state index in [0.717, 1.165) is 31.7 Å². The van der Waals surface area contributed by atoms with Crippen molar-refractivity contribution < 1.29 is 92.1 Å². The fourth-order valence-electron chi connectivity index (χ4n) is 12.5. The lowest BCUT2D eigenvalue weighted by molar-refractivity contribution is -0.141. The number of carbonyl (C=O) groups excluding carboxylic acids is 8. The average molecular weight is 1440 g/mol. The van der Waals surface area contributed by atoms with E-state index in [9.17, 15) is 69.1 Å². The number of rotatable bonds is 10. The van der Waals surface area contributed by atoms with E-state index in [-0.39, 0.29) is 68.0 Å². The molecule has 99 heavy (non-hydrogen) atoms. The molecule has 28 nitrogen and oxygen atoms in total. The molecule has 6 fully saturated rings. The predicted molar refractivity (Wildman–Crippen MR) is 352 cm³/mol. The fourth-order valence-corrected chi connectivity index (χ4v) is 15.4. The molecule has 2 aromatic carbocycles. The second-order valence-electron chi connectivity index (χ2n) is 28.5. The van der Waals surface area contributed by atoms with Gasteiger partial charge in [-0.15, -0.1) is 0 Å². The number of allylic oxidation sites excluding steroid dienone is 2. The van der Waals surface area contributed by atoms with Crippen molar-refractivity contribution in [2.24, 2.45) is 11.8 Å². The van der Waals surface area contributed by atoms with Crippen molar-refractivity contribution in [3.8, 4) is 6.08 Å². The number of hydrogen-bond donors (Lipinski definition) is 7. The van der Waals surface area contributed by atoms with Crippen LogP contribution in [0, 0.1) is 23.5 Å². The highest BCUT2D eigenvalue weighted by Gasteiger charge is 2.64. The highest BCUT2D eigenvalue weighted by atomic mass is 35.5. The van der Waals surface area contributed by atoms with Crippen LogP contribution in [0.15, 0.2) is 69.5 Å². The summed E-state index contributed by atoms with van der Waals surface area (Å²) in [6, 6.07) is 3.63. The van der Waals surface area contributed by atoms with Crippen molar-refractivity contribution in [2.45, 2.75) is 226 Å². The molecule has 540 valence electrons. The van der Waals surface area contributed by atoms with Crippen LogP contribution in [0.4, 0.5) is 18.4 Å². The van der Waals surface area contributed by atoms with E-state index in [1.807, 2.05) is 24.3 Å². The van der Waals surface area contributed by atoms with Gasteiger partial charge >= 0.3 is 18.3 Å². The Balaban J connectivity index is 0.000000188. The van der Waals surface area contributed by atoms with Gasteiger partial charge in [-0.1, -0.05) is 50.0 Å². The normalized spacial score (nSPS) is 28.4. The zero-order chi connectivity index (χ0) is 71.6. The van der Waals surface area contributed by atoms with Crippen LogP contribution >= 0.6 is 11.6 Å². The molecule has 8 amide bonds. The van der Waals surface area contributed by atoms with Crippen LogP contribution in [0.5, 0.6) is 6.08 Å². The molecular formula is C66H85ClF2N10O18S2. The number of nitrogens with one attached hydrogen (secondary N) is 6. The molecule has 6 heterocycles. The topological polar surface area (TPSA) is 383 Å². The van der Waals surface area contributed by atoms with Crippen molar-refractivity contribution in [1.82, 2.24) is 50.5 Å². The molecule has 4 aliphatic heterocycles. The smallest absolute Gasteiger partial charge is 0.408 e. The summed E-state index contributed by atoms with van der Waals surface area (Å²) in [6.45, 7) is 10.0. The number of hydrogen-bond acceptors (Lipinski definition) is 20. The quantitative estimate of drug-likeness (QED) is 0.0814. The summed E-state index contributed by atoms with van der Waals surface area (Å²) in [4.78, 5) is 118. The largest absolute Gasteiger partial charge is 0.445 e. The number of aliphatic hydroxyl groups excluding tert-OH is 1. The van der Waals surface area contributed by atoms with Gasteiger partial charge in [-0.05, 0) is 154 Å². The van der Waals surface area contributed by atoms with Gasteiger partial charge in [0.2, 0.25) is 43.7 Å². The second-order valence-corrected chi connectivity index (χ2v) is 32.7. The number of nitrogens with zero attached hydrogens (tertiary/aromatic N) is 4. The van der Waals surface area contributed by atoms with Crippen molar-refractivity contribution in [3.05, 3.63) is 77.7 Å². The van der Waals surface area contributed by atoms with Crippen LogP contribution in [-0.4, -0.2) is 172 Å². The number of aliphatic hydroxyl groups is 1. The summed E-state index contributed by atoms with van der Waals surface area (Å²) >= 11 is 5.44. The zero-order valence-corrected chi connectivity index (χ0v) is 58.2. The number of sulfonamides is 2. The molecule has 7 N–H and O–H groups in total. The van der Waals surface area contributed by atoms with Crippen LogP contribution in [0.25, 0.3) is 22.2 Å². The number of halogens is 3. The molecule has 0 spiro atoms. The van der Waals surface area contributed by atoms with Gasteiger partial charge in [-0.3, -0.25) is 38.2 Å². The third-order valence-corrected chi connectivity index (χ3v) is 21.8. The molecule has 2 saturated heterocycles. The van der Waals surface area contributed by atoms with E-state index in [1.165, 1.54) is 40.1 Å². The lowest BCUT2D eigenvalue weighted by Gasteiger charge is -2.30. The summed E-state index contributed by atoms with van der Waals surface area (Å²) < 4.78 is 108. The van der Waals surface area contributed by atoms with Gasteiger partial charge in [0, 0.05) is 43.4 Å².